The lowest BCUT2D eigenvalue weighted by atomic mass is 10.0. The molecule has 96 valence electrons. The lowest BCUT2D eigenvalue weighted by Crippen LogP contribution is -2.11. The number of hydrogen-bond acceptors (Lipinski definition) is 3. The minimum absolute atomic E-state index is 0.00431. The van der Waals surface area contributed by atoms with Crippen LogP contribution in [-0.4, -0.2) is 16.8 Å². The topological polar surface area (TPSA) is 49.7 Å². The van der Waals surface area contributed by atoms with Gasteiger partial charge in [0.2, 0.25) is 0 Å². The average molecular weight is 238 g/mol. The van der Waals surface area contributed by atoms with E-state index in [1.165, 1.54) is 25.0 Å². The Balaban J connectivity index is 2.47. The molecule has 0 amide bonds. The molecular weight excluding hydrogens is 216 g/mol. The van der Waals surface area contributed by atoms with E-state index in [1.54, 1.807) is 6.07 Å². The summed E-state index contributed by atoms with van der Waals surface area (Å²) in [6.07, 6.45) is 4.65. The van der Waals surface area contributed by atoms with Gasteiger partial charge in [-0.05, 0) is 24.5 Å². The van der Waals surface area contributed by atoms with Crippen LogP contribution in [0.25, 0.3) is 0 Å². The van der Waals surface area contributed by atoms with Crippen molar-refractivity contribution in [1.82, 2.24) is 0 Å². The number of phenols is 2. The number of ether oxygens (including phenoxy) is 1. The monoisotopic (exact) mass is 238 g/mol. The quantitative estimate of drug-likeness (QED) is 0.761. The van der Waals surface area contributed by atoms with Gasteiger partial charge < -0.3 is 14.9 Å². The van der Waals surface area contributed by atoms with Crippen LogP contribution >= 0.6 is 0 Å². The van der Waals surface area contributed by atoms with E-state index in [2.05, 4.69) is 13.8 Å². The molecule has 3 nitrogen and oxygen atoms in total. The maximum Gasteiger partial charge on any atom is 0.161 e. The summed E-state index contributed by atoms with van der Waals surface area (Å²) in [5.74, 6) is 1.02. The molecule has 1 atom stereocenters. The van der Waals surface area contributed by atoms with Crippen LogP contribution in [0.15, 0.2) is 18.2 Å². The normalized spacial score (nSPS) is 12.4. The second kappa shape index (κ2) is 7.05. The molecule has 0 saturated heterocycles. The number of hydrogen-bond donors (Lipinski definition) is 2. The first-order chi connectivity index (χ1) is 8.17. The van der Waals surface area contributed by atoms with E-state index in [-0.39, 0.29) is 11.5 Å². The van der Waals surface area contributed by atoms with Crippen LogP contribution in [0, 0.1) is 5.92 Å². The molecule has 0 aromatic heterocycles. The van der Waals surface area contributed by atoms with Gasteiger partial charge in [-0.2, -0.15) is 0 Å². The third-order valence-electron chi connectivity index (χ3n) is 2.96. The fourth-order valence-electron chi connectivity index (χ4n) is 1.73. The summed E-state index contributed by atoms with van der Waals surface area (Å²) in [6, 6.07) is 4.40. The van der Waals surface area contributed by atoms with Crippen molar-refractivity contribution in [3.63, 3.8) is 0 Å². The van der Waals surface area contributed by atoms with Crippen molar-refractivity contribution in [1.29, 1.82) is 0 Å². The Labute approximate surface area is 103 Å². The number of aromatic hydroxyl groups is 2. The fraction of sp³-hybridized carbons (Fsp3) is 0.571. The predicted octanol–water partition coefficient (Wildman–Crippen LogP) is 3.69. The minimum atomic E-state index is -0.00431. The first kappa shape index (κ1) is 13.7. The van der Waals surface area contributed by atoms with Crippen molar-refractivity contribution >= 4 is 0 Å². The molecule has 0 aliphatic carbocycles. The first-order valence-corrected chi connectivity index (χ1v) is 6.32. The number of rotatable bonds is 7. The number of benzene rings is 1. The summed E-state index contributed by atoms with van der Waals surface area (Å²) < 4.78 is 5.58. The Hall–Kier alpha value is -1.38. The van der Waals surface area contributed by atoms with Gasteiger partial charge in [-0.1, -0.05) is 33.1 Å². The summed E-state index contributed by atoms with van der Waals surface area (Å²) in [6.45, 7) is 4.95. The largest absolute Gasteiger partial charge is 0.508 e. The molecule has 0 spiro atoms. The maximum absolute atomic E-state index is 9.57. The second-order valence-electron chi connectivity index (χ2n) is 4.38. The third-order valence-corrected chi connectivity index (χ3v) is 2.96. The molecule has 1 unspecified atom stereocenters. The van der Waals surface area contributed by atoms with E-state index in [4.69, 9.17) is 9.84 Å². The summed E-state index contributed by atoms with van der Waals surface area (Å²) in [5.41, 5.74) is 0. The highest BCUT2D eigenvalue weighted by Gasteiger charge is 2.09. The molecular formula is C14H22O3. The van der Waals surface area contributed by atoms with Gasteiger partial charge in [-0.3, -0.25) is 0 Å². The van der Waals surface area contributed by atoms with E-state index in [0.29, 0.717) is 18.3 Å². The van der Waals surface area contributed by atoms with E-state index in [1.807, 2.05) is 0 Å². The van der Waals surface area contributed by atoms with E-state index >= 15 is 0 Å². The smallest absolute Gasteiger partial charge is 0.161 e. The van der Waals surface area contributed by atoms with Gasteiger partial charge in [0.25, 0.3) is 0 Å². The predicted molar refractivity (Wildman–Crippen MR) is 68.6 cm³/mol. The second-order valence-corrected chi connectivity index (χ2v) is 4.38. The molecule has 0 aliphatic heterocycles. The van der Waals surface area contributed by atoms with Gasteiger partial charge in [-0.25, -0.2) is 0 Å². The number of phenolic OH excluding ortho intramolecular Hbond substituents is 2. The first-order valence-electron chi connectivity index (χ1n) is 6.32. The Morgan fingerprint density at radius 1 is 1.24 bits per heavy atom. The van der Waals surface area contributed by atoms with Crippen LogP contribution in [-0.2, 0) is 0 Å². The molecule has 0 radical (unpaired) electrons. The van der Waals surface area contributed by atoms with Crippen molar-refractivity contribution < 1.29 is 14.9 Å². The zero-order valence-electron chi connectivity index (χ0n) is 10.6. The van der Waals surface area contributed by atoms with Crippen molar-refractivity contribution in [3.8, 4) is 17.2 Å². The molecule has 0 aliphatic rings. The molecule has 0 heterocycles. The summed E-state index contributed by atoms with van der Waals surface area (Å²) >= 11 is 0. The van der Waals surface area contributed by atoms with Crippen LogP contribution in [0.3, 0.4) is 0 Å². The maximum atomic E-state index is 9.57. The van der Waals surface area contributed by atoms with E-state index < -0.39 is 0 Å². The SMILES string of the molecule is CCCCC(CC)COc1ccc(O)cc1O. The molecule has 0 fully saturated rings. The fourth-order valence-corrected chi connectivity index (χ4v) is 1.73. The van der Waals surface area contributed by atoms with Gasteiger partial charge in [0.05, 0.1) is 6.61 Å². The Morgan fingerprint density at radius 2 is 2.00 bits per heavy atom. The van der Waals surface area contributed by atoms with Gasteiger partial charge in [0, 0.05) is 6.07 Å². The summed E-state index contributed by atoms with van der Waals surface area (Å²) in [5, 5.41) is 18.7. The van der Waals surface area contributed by atoms with Gasteiger partial charge in [0.15, 0.2) is 11.5 Å². The highest BCUT2D eigenvalue weighted by atomic mass is 16.5. The molecule has 17 heavy (non-hydrogen) atoms. The average Bonchev–Trinajstić information content (AvgIpc) is 2.31. The highest BCUT2D eigenvalue weighted by molar-refractivity contribution is 5.43. The van der Waals surface area contributed by atoms with Crippen molar-refractivity contribution in [2.75, 3.05) is 6.61 Å². The van der Waals surface area contributed by atoms with Crippen molar-refractivity contribution in [2.45, 2.75) is 39.5 Å². The molecule has 0 saturated carbocycles. The third kappa shape index (κ3) is 4.55. The van der Waals surface area contributed by atoms with Crippen LogP contribution < -0.4 is 4.74 Å². The zero-order chi connectivity index (χ0) is 12.7. The van der Waals surface area contributed by atoms with Gasteiger partial charge in [0.1, 0.15) is 5.75 Å². The Morgan fingerprint density at radius 3 is 2.59 bits per heavy atom. The van der Waals surface area contributed by atoms with E-state index in [0.717, 1.165) is 12.8 Å². The highest BCUT2D eigenvalue weighted by Crippen LogP contribution is 2.30. The lowest BCUT2D eigenvalue weighted by molar-refractivity contribution is 0.225. The molecule has 1 aromatic carbocycles. The summed E-state index contributed by atoms with van der Waals surface area (Å²) in [4.78, 5) is 0. The van der Waals surface area contributed by atoms with Crippen molar-refractivity contribution in [2.24, 2.45) is 5.92 Å². The Kier molecular flexibility index (Phi) is 5.67. The standard InChI is InChI=1S/C14H22O3/c1-3-5-6-11(4-2)10-17-14-8-7-12(15)9-13(14)16/h7-9,11,15-16H,3-6,10H2,1-2H3. The van der Waals surface area contributed by atoms with Crippen LogP contribution in [0.2, 0.25) is 0 Å². The molecule has 2 N–H and O–H groups in total. The molecule has 3 heteroatoms. The van der Waals surface area contributed by atoms with Crippen LogP contribution in [0.5, 0.6) is 17.2 Å². The van der Waals surface area contributed by atoms with Crippen LogP contribution in [0.1, 0.15) is 39.5 Å². The Bertz CT molecular complexity index is 336. The summed E-state index contributed by atoms with van der Waals surface area (Å²) in [7, 11) is 0. The zero-order valence-corrected chi connectivity index (χ0v) is 10.6. The molecule has 1 aromatic rings. The molecule has 0 bridgehead atoms. The minimum Gasteiger partial charge on any atom is -0.508 e. The van der Waals surface area contributed by atoms with E-state index in [9.17, 15) is 5.11 Å². The van der Waals surface area contributed by atoms with Crippen molar-refractivity contribution in [3.05, 3.63) is 18.2 Å². The lowest BCUT2D eigenvalue weighted by Gasteiger charge is -2.16. The number of unbranched alkanes of at least 4 members (excludes halogenated alkanes) is 1. The van der Waals surface area contributed by atoms with Crippen LogP contribution in [0.4, 0.5) is 0 Å². The van der Waals surface area contributed by atoms with Gasteiger partial charge in [-0.15, -0.1) is 0 Å². The molecule has 1 rings (SSSR count). The van der Waals surface area contributed by atoms with Gasteiger partial charge >= 0.3 is 0 Å².